The summed E-state index contributed by atoms with van der Waals surface area (Å²) >= 11 is 0. The fourth-order valence-electron chi connectivity index (χ4n) is 1.01. The van der Waals surface area contributed by atoms with Gasteiger partial charge in [-0.3, -0.25) is 4.98 Å². The minimum atomic E-state index is -2.43. The lowest BCUT2D eigenvalue weighted by Crippen LogP contribution is -2.52. The van der Waals surface area contributed by atoms with E-state index in [1.807, 2.05) is 6.55 Å². The normalized spacial score (nSPS) is 14.0. The zero-order valence-corrected chi connectivity index (χ0v) is 9.77. The molecule has 0 atom stereocenters. The van der Waals surface area contributed by atoms with Crippen LogP contribution in [0.2, 0.25) is 6.55 Å². The van der Waals surface area contributed by atoms with E-state index in [1.165, 1.54) is 19.3 Å². The van der Waals surface area contributed by atoms with E-state index in [-0.39, 0.29) is 14.2 Å². The highest BCUT2D eigenvalue weighted by Crippen LogP contribution is 2.01. The van der Waals surface area contributed by atoms with Gasteiger partial charge in [0.2, 0.25) is 0 Å². The van der Waals surface area contributed by atoms with E-state index >= 15 is 0 Å². The van der Waals surface area contributed by atoms with E-state index in [9.17, 15) is 0 Å². The molecule has 0 aliphatic rings. The highest BCUT2D eigenvalue weighted by molar-refractivity contribution is 6.63. The molecule has 0 fully saturated rings. The quantitative estimate of drug-likeness (QED) is 0.488. The first-order valence-electron chi connectivity index (χ1n) is 6.21. The number of unbranched alkanes of at least 4 members (excludes halogenated alkanes) is 3. The zero-order chi connectivity index (χ0) is 11.6. The molecule has 0 aliphatic carbocycles. The summed E-state index contributed by atoms with van der Waals surface area (Å²) in [6.45, 7) is 4.87. The molecule has 0 bridgehead atoms. The molecule has 1 N–H and O–H groups in total. The van der Waals surface area contributed by atoms with Crippen molar-refractivity contribution in [2.75, 3.05) is 20.7 Å². The predicted octanol–water partition coefficient (Wildman–Crippen LogP) is 2.02. The molecule has 0 saturated carbocycles. The molecule has 0 amide bonds. The topological polar surface area (TPSA) is 30.5 Å². The van der Waals surface area contributed by atoms with Crippen molar-refractivity contribution in [3.05, 3.63) is 0 Å². The summed E-state index contributed by atoms with van der Waals surface area (Å²) in [5.74, 6) is 0. The van der Waals surface area contributed by atoms with Gasteiger partial charge in [-0.15, -0.1) is 0 Å². The lowest BCUT2D eigenvalue weighted by molar-refractivity contribution is 0.235. The fraction of sp³-hybridized carbons (Fsp3) is 1.00. The number of rotatable bonds is 8. The Morgan fingerprint density at radius 2 is 1.92 bits per heavy atom. The van der Waals surface area contributed by atoms with Gasteiger partial charge in [0.25, 0.3) is 0 Å². The van der Waals surface area contributed by atoms with Crippen LogP contribution in [0, 0.1) is 0 Å². The first kappa shape index (κ1) is 9.64. The molecule has 0 unspecified atom stereocenters. The second kappa shape index (κ2) is 7.50. The van der Waals surface area contributed by atoms with E-state index in [0.29, 0.717) is 0 Å². The van der Waals surface area contributed by atoms with Gasteiger partial charge in [0.1, 0.15) is 0 Å². The Kier molecular flexibility index (Phi) is 5.56. The molecular weight excluding hydrogens is 182 g/mol. The third-order valence-corrected chi connectivity index (χ3v) is 4.02. The molecule has 0 rings (SSSR count). The molecule has 0 aliphatic heterocycles. The summed E-state index contributed by atoms with van der Waals surface area (Å²) in [7, 11) is -2.65. The minimum absolute atomic E-state index is 0.106. The first-order chi connectivity index (χ1) is 7.18. The summed E-state index contributed by atoms with van der Waals surface area (Å²) in [4.78, 5) is 3.21. The van der Waals surface area contributed by atoms with Gasteiger partial charge in [0.15, 0.2) is 0 Å². The van der Waals surface area contributed by atoms with Crippen LogP contribution in [0.5, 0.6) is 0 Å². The average molecular weight is 207 g/mol. The Labute approximate surface area is 86.0 Å². The second-order valence-electron chi connectivity index (χ2n) is 3.22. The van der Waals surface area contributed by atoms with Crippen LogP contribution in [0.1, 0.15) is 35.3 Å². The van der Waals surface area contributed by atoms with E-state index in [1.54, 1.807) is 0 Å². The minimum Gasteiger partial charge on any atom is -0.386 e. The fourth-order valence-corrected chi connectivity index (χ4v) is 1.93. The van der Waals surface area contributed by atoms with E-state index in [4.69, 9.17) is 11.6 Å². The van der Waals surface area contributed by atoms with Crippen LogP contribution in [-0.2, 0) is 8.85 Å². The molecule has 0 aromatic heterocycles. The number of hydrogen-bond acceptors (Lipinski definition) is 3. The maximum atomic E-state index is 7.01. The summed E-state index contributed by atoms with van der Waals surface area (Å²) in [5, 5.41) is 0. The van der Waals surface area contributed by atoms with Gasteiger partial charge in [-0.25, -0.2) is 0 Å². The highest BCUT2D eigenvalue weighted by atomic mass is 28.4. The Morgan fingerprint density at radius 1 is 1.23 bits per heavy atom. The van der Waals surface area contributed by atoms with Crippen LogP contribution >= 0.6 is 0 Å². The third kappa shape index (κ3) is 6.21. The molecule has 13 heavy (non-hydrogen) atoms. The van der Waals surface area contributed by atoms with Gasteiger partial charge in [-0.2, -0.15) is 0 Å². The smallest absolute Gasteiger partial charge is 0.386 e. The van der Waals surface area contributed by atoms with Gasteiger partial charge >= 0.3 is 8.72 Å². The third-order valence-electron chi connectivity index (χ3n) is 2.03. The Balaban J connectivity index is 3.65. The number of hydrogen-bond donors (Lipinski definition) is 1. The van der Waals surface area contributed by atoms with E-state index < -0.39 is 8.72 Å². The molecule has 0 aromatic rings. The van der Waals surface area contributed by atoms with Crippen LogP contribution < -0.4 is 4.98 Å². The van der Waals surface area contributed by atoms with Crippen molar-refractivity contribution in [3.8, 4) is 0 Å². The van der Waals surface area contributed by atoms with Crippen LogP contribution in [0.15, 0.2) is 0 Å². The molecule has 0 aromatic carbocycles. The maximum absolute atomic E-state index is 7.01. The second-order valence-corrected chi connectivity index (χ2v) is 6.04. The van der Waals surface area contributed by atoms with Gasteiger partial charge in [0, 0.05) is 14.2 Å². The van der Waals surface area contributed by atoms with Crippen molar-refractivity contribution in [3.63, 3.8) is 0 Å². The van der Waals surface area contributed by atoms with Crippen molar-refractivity contribution in [2.45, 2.75) is 39.2 Å². The lowest BCUT2D eigenvalue weighted by atomic mass is 10.2. The number of nitrogens with one attached hydrogen (secondary N) is 1. The van der Waals surface area contributed by atoms with Crippen molar-refractivity contribution >= 4 is 8.72 Å². The summed E-state index contributed by atoms with van der Waals surface area (Å²) in [5.41, 5.74) is 0. The SMILES string of the molecule is [2H]CO[Si](C)(NCCCCCC)OC[2H]. The predicted molar refractivity (Wildman–Crippen MR) is 57.8 cm³/mol. The highest BCUT2D eigenvalue weighted by Gasteiger charge is 2.27. The molecular formula is C9H23NO2Si. The van der Waals surface area contributed by atoms with E-state index in [2.05, 4.69) is 11.9 Å². The Morgan fingerprint density at radius 3 is 2.46 bits per heavy atom. The lowest BCUT2D eigenvalue weighted by Gasteiger charge is -2.23. The van der Waals surface area contributed by atoms with Gasteiger partial charge in [-0.1, -0.05) is 26.2 Å². The van der Waals surface area contributed by atoms with Crippen molar-refractivity contribution in [1.29, 1.82) is 0 Å². The van der Waals surface area contributed by atoms with Crippen LogP contribution in [0.3, 0.4) is 0 Å². The first-order valence-corrected chi connectivity index (χ1v) is 7.11. The molecule has 80 valence electrons. The van der Waals surface area contributed by atoms with Crippen molar-refractivity contribution in [1.82, 2.24) is 4.98 Å². The van der Waals surface area contributed by atoms with Gasteiger partial charge in [0.05, 0.1) is 2.74 Å². The molecule has 3 nitrogen and oxygen atoms in total. The molecule has 0 spiro atoms. The van der Waals surface area contributed by atoms with Crippen LogP contribution in [0.25, 0.3) is 0 Å². The molecule has 0 heterocycles. The van der Waals surface area contributed by atoms with Crippen molar-refractivity contribution < 1.29 is 11.6 Å². The molecule has 0 radical (unpaired) electrons. The van der Waals surface area contributed by atoms with Crippen molar-refractivity contribution in [2.24, 2.45) is 0 Å². The summed E-state index contributed by atoms with van der Waals surface area (Å²) in [6.07, 6.45) is 4.77. The van der Waals surface area contributed by atoms with Crippen LogP contribution in [-0.4, -0.2) is 29.4 Å². The van der Waals surface area contributed by atoms with E-state index in [0.717, 1.165) is 13.0 Å². The van der Waals surface area contributed by atoms with Crippen LogP contribution in [0.4, 0.5) is 0 Å². The maximum Gasteiger partial charge on any atom is 0.421 e. The molecule has 4 heteroatoms. The van der Waals surface area contributed by atoms with Gasteiger partial charge < -0.3 is 8.85 Å². The zero-order valence-electron chi connectivity index (χ0n) is 10.8. The summed E-state index contributed by atoms with van der Waals surface area (Å²) in [6, 6.07) is 0. The molecule has 0 saturated heterocycles. The summed E-state index contributed by atoms with van der Waals surface area (Å²) < 4.78 is 24.5. The Bertz CT molecular complexity index is 146. The van der Waals surface area contributed by atoms with Gasteiger partial charge in [-0.05, 0) is 19.5 Å². The largest absolute Gasteiger partial charge is 0.421 e. The average Bonchev–Trinajstić information content (AvgIpc) is 2.18. The monoisotopic (exact) mass is 207 g/mol. The standard InChI is InChI=1S/C9H23NO2Si/c1-5-6-7-8-9-10-13(4,11-2)12-3/h10H,5-9H2,1-4H3/i2D,3D. The Hall–Kier alpha value is 0.0969.